The molecule has 0 aliphatic heterocycles. The van der Waals surface area contributed by atoms with Gasteiger partial charge in [-0.2, -0.15) is 0 Å². The van der Waals surface area contributed by atoms with Crippen molar-refractivity contribution >= 4 is 23.7 Å². The molecule has 0 spiro atoms. The smallest absolute Gasteiger partial charge is 0.163 e. The summed E-state index contributed by atoms with van der Waals surface area (Å²) in [7, 11) is 1.45. The Kier molecular flexibility index (Phi) is 7.98. The molecule has 2 rings (SSSR count). The second-order valence-corrected chi connectivity index (χ2v) is 6.33. The molecule has 0 fully saturated rings. The van der Waals surface area contributed by atoms with Crippen LogP contribution in [0.1, 0.15) is 23.1 Å². The topological polar surface area (TPSA) is 72.8 Å². The molecular weight excluding hydrogens is 368 g/mol. The average molecular weight is 392 g/mol. The SMILES string of the molecule is C=CCOc1ccc(/C=C/C(=O)CC(=O)/C=C/c2ccc(O)c(OC)c2)cc1C. The van der Waals surface area contributed by atoms with E-state index in [0.29, 0.717) is 17.9 Å². The molecule has 0 atom stereocenters. The van der Waals surface area contributed by atoms with E-state index in [1.165, 1.54) is 25.3 Å². The molecule has 5 heteroatoms. The number of carbonyl (C=O) groups excluding carboxylic acids is 2. The first kappa shape index (κ1) is 21.7. The lowest BCUT2D eigenvalue weighted by Crippen LogP contribution is -2.02. The van der Waals surface area contributed by atoms with Crippen molar-refractivity contribution in [3.8, 4) is 17.2 Å². The van der Waals surface area contributed by atoms with Gasteiger partial charge in [-0.15, -0.1) is 0 Å². The zero-order chi connectivity index (χ0) is 21.2. The highest BCUT2D eigenvalue weighted by Gasteiger charge is 2.05. The molecule has 0 amide bonds. The molecule has 0 heterocycles. The number of hydrogen-bond acceptors (Lipinski definition) is 5. The highest BCUT2D eigenvalue weighted by Crippen LogP contribution is 2.26. The van der Waals surface area contributed by atoms with Crippen LogP contribution in [0.3, 0.4) is 0 Å². The summed E-state index contributed by atoms with van der Waals surface area (Å²) in [5, 5.41) is 9.58. The molecule has 0 bridgehead atoms. The van der Waals surface area contributed by atoms with E-state index in [-0.39, 0.29) is 23.7 Å². The van der Waals surface area contributed by atoms with Gasteiger partial charge in [-0.1, -0.05) is 36.9 Å². The third kappa shape index (κ3) is 6.81. The van der Waals surface area contributed by atoms with Crippen molar-refractivity contribution in [1.29, 1.82) is 0 Å². The first-order valence-electron chi connectivity index (χ1n) is 9.06. The molecule has 0 aliphatic carbocycles. The summed E-state index contributed by atoms with van der Waals surface area (Å²) in [6.07, 6.45) is 7.44. The van der Waals surface area contributed by atoms with Gasteiger partial charge in [-0.05, 0) is 60.0 Å². The van der Waals surface area contributed by atoms with Crippen LogP contribution in [0.4, 0.5) is 0 Å². The molecule has 1 N–H and O–H groups in total. The van der Waals surface area contributed by atoms with E-state index in [4.69, 9.17) is 9.47 Å². The van der Waals surface area contributed by atoms with Crippen LogP contribution >= 0.6 is 0 Å². The summed E-state index contributed by atoms with van der Waals surface area (Å²) in [4.78, 5) is 24.1. The fourth-order valence-electron chi connectivity index (χ4n) is 2.55. The quantitative estimate of drug-likeness (QED) is 0.365. The number of phenols is 1. The average Bonchev–Trinajstić information content (AvgIpc) is 2.71. The largest absolute Gasteiger partial charge is 0.504 e. The Morgan fingerprint density at radius 1 is 1.00 bits per heavy atom. The molecule has 0 aliphatic rings. The second kappa shape index (κ2) is 10.7. The van der Waals surface area contributed by atoms with Crippen molar-refractivity contribution in [3.05, 3.63) is 77.9 Å². The number of allylic oxidation sites excluding steroid dienone is 2. The van der Waals surface area contributed by atoms with Crippen LogP contribution in [-0.4, -0.2) is 30.4 Å². The number of rotatable bonds is 10. The summed E-state index contributed by atoms with van der Waals surface area (Å²) in [6, 6.07) is 10.3. The van der Waals surface area contributed by atoms with Crippen LogP contribution in [0.5, 0.6) is 17.2 Å². The number of hydrogen-bond donors (Lipinski definition) is 1. The van der Waals surface area contributed by atoms with Crippen molar-refractivity contribution in [2.75, 3.05) is 13.7 Å². The molecule has 5 nitrogen and oxygen atoms in total. The van der Waals surface area contributed by atoms with Crippen LogP contribution in [-0.2, 0) is 9.59 Å². The standard InChI is InChI=1S/C24H24O5/c1-4-13-29-23-12-8-18(14-17(23)2)5-9-20(25)16-21(26)10-6-19-7-11-22(27)24(15-19)28-3/h4-12,14-15,27H,1,13,16H2,2-3H3/b9-5+,10-6+. The third-order valence-corrected chi connectivity index (χ3v) is 4.03. The van der Waals surface area contributed by atoms with E-state index in [0.717, 1.165) is 16.9 Å². The molecule has 0 aromatic heterocycles. The molecule has 150 valence electrons. The zero-order valence-corrected chi connectivity index (χ0v) is 16.6. The van der Waals surface area contributed by atoms with Gasteiger partial charge in [0.2, 0.25) is 0 Å². The summed E-state index contributed by atoms with van der Waals surface area (Å²) in [5.74, 6) is 0.504. The summed E-state index contributed by atoms with van der Waals surface area (Å²) < 4.78 is 10.5. The van der Waals surface area contributed by atoms with Crippen LogP contribution in [0.2, 0.25) is 0 Å². The molecule has 0 saturated carbocycles. The maximum absolute atomic E-state index is 12.0. The lowest BCUT2D eigenvalue weighted by molar-refractivity contribution is -0.121. The number of carbonyl (C=O) groups is 2. The maximum atomic E-state index is 12.0. The second-order valence-electron chi connectivity index (χ2n) is 6.33. The normalized spacial score (nSPS) is 11.0. The highest BCUT2D eigenvalue weighted by atomic mass is 16.5. The molecule has 2 aromatic rings. The van der Waals surface area contributed by atoms with E-state index in [1.54, 1.807) is 30.4 Å². The summed E-state index contributed by atoms with van der Waals surface area (Å²) >= 11 is 0. The van der Waals surface area contributed by atoms with Gasteiger partial charge in [-0.3, -0.25) is 9.59 Å². The van der Waals surface area contributed by atoms with Crippen LogP contribution in [0.25, 0.3) is 12.2 Å². The van der Waals surface area contributed by atoms with E-state index in [9.17, 15) is 14.7 Å². The number of phenolic OH excluding ortho intramolecular Hbond substituents is 1. The van der Waals surface area contributed by atoms with Gasteiger partial charge < -0.3 is 14.6 Å². The fraction of sp³-hybridized carbons (Fsp3) is 0.167. The first-order chi connectivity index (χ1) is 13.9. The molecular formula is C24H24O5. The van der Waals surface area contributed by atoms with Gasteiger partial charge in [-0.25, -0.2) is 0 Å². The Hall–Kier alpha value is -3.60. The van der Waals surface area contributed by atoms with Crippen LogP contribution in [0, 0.1) is 6.92 Å². The van der Waals surface area contributed by atoms with E-state index >= 15 is 0 Å². The zero-order valence-electron chi connectivity index (χ0n) is 16.6. The minimum Gasteiger partial charge on any atom is -0.504 e. The van der Waals surface area contributed by atoms with Crippen molar-refractivity contribution in [2.24, 2.45) is 0 Å². The predicted molar refractivity (Wildman–Crippen MR) is 114 cm³/mol. The van der Waals surface area contributed by atoms with Gasteiger partial charge in [0.1, 0.15) is 12.4 Å². The van der Waals surface area contributed by atoms with Gasteiger partial charge in [0.05, 0.1) is 13.5 Å². The molecule has 0 radical (unpaired) electrons. The third-order valence-electron chi connectivity index (χ3n) is 4.03. The Balaban J connectivity index is 1.93. The number of methoxy groups -OCH3 is 1. The summed E-state index contributed by atoms with van der Waals surface area (Å²) in [5.41, 5.74) is 2.48. The van der Waals surface area contributed by atoms with Crippen molar-refractivity contribution < 1.29 is 24.2 Å². The van der Waals surface area contributed by atoms with E-state index in [1.807, 2.05) is 25.1 Å². The van der Waals surface area contributed by atoms with Crippen molar-refractivity contribution in [3.63, 3.8) is 0 Å². The Morgan fingerprint density at radius 2 is 1.62 bits per heavy atom. The highest BCUT2D eigenvalue weighted by molar-refractivity contribution is 6.10. The fourth-order valence-corrected chi connectivity index (χ4v) is 2.55. The minimum atomic E-state index is -0.309. The Bertz CT molecular complexity index is 954. The number of ketones is 2. The Labute approximate surface area is 170 Å². The van der Waals surface area contributed by atoms with Gasteiger partial charge >= 0.3 is 0 Å². The molecule has 29 heavy (non-hydrogen) atoms. The maximum Gasteiger partial charge on any atom is 0.163 e. The van der Waals surface area contributed by atoms with Crippen LogP contribution in [0.15, 0.2) is 61.2 Å². The van der Waals surface area contributed by atoms with Crippen LogP contribution < -0.4 is 9.47 Å². The molecule has 0 saturated heterocycles. The first-order valence-corrected chi connectivity index (χ1v) is 9.06. The monoisotopic (exact) mass is 392 g/mol. The van der Waals surface area contributed by atoms with Crippen molar-refractivity contribution in [1.82, 2.24) is 0 Å². The molecule has 2 aromatic carbocycles. The number of benzene rings is 2. The van der Waals surface area contributed by atoms with E-state index in [2.05, 4.69) is 6.58 Å². The van der Waals surface area contributed by atoms with Gasteiger partial charge in [0.15, 0.2) is 23.1 Å². The van der Waals surface area contributed by atoms with Crippen molar-refractivity contribution in [2.45, 2.75) is 13.3 Å². The van der Waals surface area contributed by atoms with Gasteiger partial charge in [0.25, 0.3) is 0 Å². The Morgan fingerprint density at radius 3 is 2.21 bits per heavy atom. The lowest BCUT2D eigenvalue weighted by atomic mass is 10.1. The number of aromatic hydroxyl groups is 1. The number of ether oxygens (including phenoxy) is 2. The van der Waals surface area contributed by atoms with E-state index < -0.39 is 0 Å². The summed E-state index contributed by atoms with van der Waals surface area (Å²) in [6.45, 7) is 5.97. The number of aryl methyl sites for hydroxylation is 1. The molecule has 0 unspecified atom stereocenters. The predicted octanol–water partition coefficient (Wildman–Crippen LogP) is 4.53. The van der Waals surface area contributed by atoms with Gasteiger partial charge in [0, 0.05) is 0 Å². The lowest BCUT2D eigenvalue weighted by Gasteiger charge is -2.07. The minimum absolute atomic E-state index is 0.0202.